The molecule has 1 amide bonds. The summed E-state index contributed by atoms with van der Waals surface area (Å²) < 4.78 is 0. The van der Waals surface area contributed by atoms with Crippen LogP contribution in [0.4, 0.5) is 10.5 Å². The van der Waals surface area contributed by atoms with E-state index in [9.17, 15) is 9.90 Å². The Balaban J connectivity index is 2.93. The Morgan fingerprint density at radius 1 is 1.58 bits per heavy atom. The van der Waals surface area contributed by atoms with Crippen molar-refractivity contribution in [2.24, 2.45) is 0 Å². The van der Waals surface area contributed by atoms with Crippen molar-refractivity contribution in [1.82, 2.24) is 0 Å². The fourth-order valence-corrected chi connectivity index (χ4v) is 0.930. The number of rotatable bonds is 1. The van der Waals surface area contributed by atoms with E-state index in [1.54, 1.807) is 0 Å². The zero-order valence-corrected chi connectivity index (χ0v) is 6.63. The molecule has 64 valence electrons. The first kappa shape index (κ1) is 8.67. The first-order chi connectivity index (χ1) is 5.59. The molecule has 0 aliphatic heterocycles. The topological polar surface area (TPSA) is 72.4 Å². The highest BCUT2D eigenvalue weighted by Gasteiger charge is 2.01. The van der Waals surface area contributed by atoms with E-state index >= 15 is 0 Å². The van der Waals surface area contributed by atoms with E-state index in [1.807, 2.05) is 5.32 Å². The van der Waals surface area contributed by atoms with Gasteiger partial charge in [-0.3, -0.25) is 5.32 Å². The zero-order chi connectivity index (χ0) is 9.14. The molecule has 12 heavy (non-hydrogen) atoms. The minimum absolute atomic E-state index is 0.102. The fraction of sp³-hybridized carbons (Fsp3) is 0. The van der Waals surface area contributed by atoms with Gasteiger partial charge in [-0.2, -0.15) is 0 Å². The highest BCUT2D eigenvalue weighted by Crippen LogP contribution is 2.24. The molecule has 1 rings (SSSR count). The summed E-state index contributed by atoms with van der Waals surface area (Å²) in [5.74, 6) is -0.254. The summed E-state index contributed by atoms with van der Waals surface area (Å²) in [6.07, 6.45) is -1.21. The summed E-state index contributed by atoms with van der Waals surface area (Å²) in [6.45, 7) is 0. The molecule has 0 aromatic heterocycles. The number of hydrogen-bond donors (Lipinski definition) is 2. The van der Waals surface area contributed by atoms with E-state index < -0.39 is 6.09 Å². The highest BCUT2D eigenvalue weighted by atomic mass is 35.5. The maximum absolute atomic E-state index is 10.7. The number of amides is 1. The van der Waals surface area contributed by atoms with Crippen molar-refractivity contribution in [2.45, 2.75) is 0 Å². The number of hydrogen-bond acceptors (Lipinski definition) is 2. The minimum Gasteiger partial charge on any atom is -0.872 e. The first-order valence-corrected chi connectivity index (χ1v) is 3.44. The fourth-order valence-electron chi connectivity index (χ4n) is 0.712. The predicted octanol–water partition coefficient (Wildman–Crippen LogP) is 1.50. The lowest BCUT2D eigenvalue weighted by molar-refractivity contribution is -0.268. The van der Waals surface area contributed by atoms with Crippen LogP contribution < -0.4 is 10.4 Å². The second-order valence-corrected chi connectivity index (χ2v) is 2.48. The van der Waals surface area contributed by atoms with Gasteiger partial charge in [-0.1, -0.05) is 17.7 Å². The number of carboxylic acid groups (broad SMARTS) is 1. The molecule has 0 fully saturated rings. The van der Waals surface area contributed by atoms with E-state index in [1.165, 1.54) is 12.1 Å². The average molecular weight is 187 g/mol. The van der Waals surface area contributed by atoms with E-state index in [2.05, 4.69) is 0 Å². The second kappa shape index (κ2) is 3.32. The minimum atomic E-state index is -1.21. The molecule has 0 saturated carbocycles. The number of anilines is 1. The molecule has 1 aromatic carbocycles. The van der Waals surface area contributed by atoms with Crippen LogP contribution in [0.15, 0.2) is 18.2 Å². The summed E-state index contributed by atoms with van der Waals surface area (Å²) >= 11 is 5.55. The number of carbonyl (C=O) groups is 1. The largest absolute Gasteiger partial charge is 0.872 e. The number of benzene rings is 1. The Morgan fingerprint density at radius 3 is 2.75 bits per heavy atom. The van der Waals surface area contributed by atoms with Crippen LogP contribution >= 0.6 is 11.6 Å². The van der Waals surface area contributed by atoms with Crippen LogP contribution in [0.3, 0.4) is 0 Å². The lowest BCUT2D eigenvalue weighted by Crippen LogP contribution is -2.07. The smallest absolute Gasteiger partial charge is 0.409 e. The molecule has 0 unspecified atom stereocenters. The monoisotopic (exact) mass is 186 g/mol. The van der Waals surface area contributed by atoms with E-state index in [0.717, 1.165) is 6.07 Å². The molecule has 0 saturated heterocycles. The quantitative estimate of drug-likeness (QED) is 0.698. The molecule has 0 atom stereocenters. The standard InChI is InChI=1S/C7H6ClNO3/c8-5-3-4(10)1-2-6(5)9-7(11)12/h1-3,9-10H,(H,11,12)/p-1. The third-order valence-corrected chi connectivity index (χ3v) is 1.49. The van der Waals surface area contributed by atoms with Gasteiger partial charge in [0, 0.05) is 0 Å². The van der Waals surface area contributed by atoms with Crippen molar-refractivity contribution >= 4 is 23.4 Å². The van der Waals surface area contributed by atoms with E-state index in [-0.39, 0.29) is 16.5 Å². The van der Waals surface area contributed by atoms with Crippen LogP contribution in [0, 0.1) is 0 Å². The Hall–Kier alpha value is -1.42. The molecular formula is C7H5ClNO3-. The Morgan fingerprint density at radius 2 is 2.25 bits per heavy atom. The predicted molar refractivity (Wildman–Crippen MR) is 42.5 cm³/mol. The van der Waals surface area contributed by atoms with Crippen LogP contribution in [0.2, 0.25) is 5.02 Å². The lowest BCUT2D eigenvalue weighted by Gasteiger charge is -2.08. The van der Waals surface area contributed by atoms with Crippen molar-refractivity contribution in [1.29, 1.82) is 0 Å². The number of halogens is 1. The van der Waals surface area contributed by atoms with Gasteiger partial charge in [-0.15, -0.1) is 5.75 Å². The van der Waals surface area contributed by atoms with E-state index in [0.29, 0.717) is 0 Å². The van der Waals surface area contributed by atoms with Crippen LogP contribution in [0.1, 0.15) is 0 Å². The van der Waals surface area contributed by atoms with Gasteiger partial charge in [0.05, 0.1) is 10.7 Å². The van der Waals surface area contributed by atoms with Gasteiger partial charge in [-0.25, -0.2) is 4.79 Å². The van der Waals surface area contributed by atoms with E-state index in [4.69, 9.17) is 16.7 Å². The molecule has 4 nitrogen and oxygen atoms in total. The molecule has 0 aliphatic rings. The molecule has 0 spiro atoms. The van der Waals surface area contributed by atoms with Gasteiger partial charge in [-0.05, 0) is 12.1 Å². The van der Waals surface area contributed by atoms with Crippen molar-refractivity contribution in [3.8, 4) is 5.75 Å². The molecule has 2 N–H and O–H groups in total. The first-order valence-electron chi connectivity index (χ1n) is 3.06. The third-order valence-electron chi connectivity index (χ3n) is 1.18. The summed E-state index contributed by atoms with van der Waals surface area (Å²) in [6, 6.07) is 3.70. The van der Waals surface area contributed by atoms with Crippen LogP contribution in [-0.2, 0) is 0 Å². The zero-order valence-electron chi connectivity index (χ0n) is 5.87. The SMILES string of the molecule is O=C(O)Nc1ccc([O-])cc1Cl. The molecule has 0 heterocycles. The van der Waals surface area contributed by atoms with Crippen LogP contribution in [0.25, 0.3) is 0 Å². The lowest BCUT2D eigenvalue weighted by atomic mass is 10.3. The van der Waals surface area contributed by atoms with Crippen LogP contribution in [0.5, 0.6) is 5.75 Å². The van der Waals surface area contributed by atoms with Gasteiger partial charge in [0.1, 0.15) is 0 Å². The molecule has 5 heteroatoms. The van der Waals surface area contributed by atoms with Gasteiger partial charge < -0.3 is 10.2 Å². The average Bonchev–Trinajstić information content (AvgIpc) is 1.94. The number of nitrogens with one attached hydrogen (secondary N) is 1. The van der Waals surface area contributed by atoms with Crippen molar-refractivity contribution in [3.05, 3.63) is 23.2 Å². The summed E-state index contributed by atoms with van der Waals surface area (Å²) in [7, 11) is 0. The van der Waals surface area contributed by atoms with Gasteiger partial charge in [0.15, 0.2) is 0 Å². The molecule has 0 aliphatic carbocycles. The van der Waals surface area contributed by atoms with Gasteiger partial charge in [0.25, 0.3) is 0 Å². The summed E-state index contributed by atoms with van der Waals surface area (Å²) in [4.78, 5) is 10.2. The maximum atomic E-state index is 10.7. The van der Waals surface area contributed by atoms with Crippen LogP contribution in [-0.4, -0.2) is 11.2 Å². The Labute approximate surface area is 73.4 Å². The second-order valence-electron chi connectivity index (χ2n) is 2.07. The Bertz CT molecular complexity index is 314. The van der Waals surface area contributed by atoms with Gasteiger partial charge in [0.2, 0.25) is 0 Å². The molecule has 0 radical (unpaired) electrons. The third kappa shape index (κ3) is 2.03. The molecular weight excluding hydrogens is 182 g/mol. The highest BCUT2D eigenvalue weighted by molar-refractivity contribution is 6.33. The summed E-state index contributed by atoms with van der Waals surface area (Å²) in [5, 5.41) is 21.1. The van der Waals surface area contributed by atoms with Gasteiger partial charge >= 0.3 is 6.09 Å². The van der Waals surface area contributed by atoms with Crippen molar-refractivity contribution < 1.29 is 15.0 Å². The summed E-state index contributed by atoms with van der Waals surface area (Å²) in [5.41, 5.74) is 0.212. The Kier molecular flexibility index (Phi) is 2.40. The van der Waals surface area contributed by atoms with Crippen molar-refractivity contribution in [2.75, 3.05) is 5.32 Å². The molecule has 1 aromatic rings. The maximum Gasteiger partial charge on any atom is 0.409 e. The normalized spacial score (nSPS) is 9.42. The van der Waals surface area contributed by atoms with Crippen molar-refractivity contribution in [3.63, 3.8) is 0 Å². The molecule has 0 bridgehead atoms.